The Kier molecular flexibility index (Phi) is 3.21. The Labute approximate surface area is 119 Å². The van der Waals surface area contributed by atoms with Gasteiger partial charge in [-0.2, -0.15) is 0 Å². The second-order valence-corrected chi connectivity index (χ2v) is 5.02. The molecule has 0 amide bonds. The zero-order valence-corrected chi connectivity index (χ0v) is 11.6. The second-order valence-electron chi connectivity index (χ2n) is 4.17. The number of hydrogen-bond donors (Lipinski definition) is 1. The van der Waals surface area contributed by atoms with E-state index in [1.807, 2.05) is 30.3 Å². The fraction of sp³-hybridized carbons (Fsp3) is 0.143. The van der Waals surface area contributed by atoms with E-state index < -0.39 is 0 Å². The molecular formula is C14H12BrNO3. The maximum Gasteiger partial charge on any atom is 0.231 e. The van der Waals surface area contributed by atoms with Crippen LogP contribution in [0, 0.1) is 0 Å². The van der Waals surface area contributed by atoms with E-state index >= 15 is 0 Å². The van der Waals surface area contributed by atoms with E-state index in [0.29, 0.717) is 12.3 Å². The number of benzene rings is 2. The molecule has 2 aromatic rings. The lowest BCUT2D eigenvalue weighted by molar-refractivity contribution is 0.174. The summed E-state index contributed by atoms with van der Waals surface area (Å²) in [5.41, 5.74) is 7.40. The van der Waals surface area contributed by atoms with Crippen molar-refractivity contribution < 1.29 is 14.2 Å². The van der Waals surface area contributed by atoms with Gasteiger partial charge in [-0.05, 0) is 51.8 Å². The Hall–Kier alpha value is -1.88. The van der Waals surface area contributed by atoms with Crippen LogP contribution in [0.2, 0.25) is 0 Å². The SMILES string of the molecule is Nc1ccc(OCc2ccc3c(c2)OCO3)c(Br)c1. The van der Waals surface area contributed by atoms with E-state index in [-0.39, 0.29) is 6.79 Å². The third kappa shape index (κ3) is 2.61. The number of anilines is 1. The number of rotatable bonds is 3. The van der Waals surface area contributed by atoms with Crippen LogP contribution in [-0.2, 0) is 6.61 Å². The van der Waals surface area contributed by atoms with Gasteiger partial charge in [0.15, 0.2) is 11.5 Å². The number of ether oxygens (including phenoxy) is 3. The summed E-state index contributed by atoms with van der Waals surface area (Å²) in [5, 5.41) is 0. The number of hydrogen-bond acceptors (Lipinski definition) is 4. The predicted octanol–water partition coefficient (Wildman–Crippen LogP) is 3.34. The van der Waals surface area contributed by atoms with E-state index in [0.717, 1.165) is 27.3 Å². The van der Waals surface area contributed by atoms with Crippen molar-refractivity contribution in [1.29, 1.82) is 0 Å². The lowest BCUT2D eigenvalue weighted by Gasteiger charge is -2.09. The fourth-order valence-electron chi connectivity index (χ4n) is 1.83. The van der Waals surface area contributed by atoms with Crippen molar-refractivity contribution in [3.05, 3.63) is 46.4 Å². The molecule has 0 saturated heterocycles. The second kappa shape index (κ2) is 5.01. The minimum Gasteiger partial charge on any atom is -0.488 e. The zero-order valence-electron chi connectivity index (χ0n) is 10.1. The van der Waals surface area contributed by atoms with Crippen LogP contribution in [0.5, 0.6) is 17.2 Å². The Morgan fingerprint density at radius 1 is 1.11 bits per heavy atom. The van der Waals surface area contributed by atoms with Crippen LogP contribution in [0.3, 0.4) is 0 Å². The summed E-state index contributed by atoms with van der Waals surface area (Å²) in [5.74, 6) is 2.29. The first-order valence-corrected chi connectivity index (χ1v) is 6.58. The molecule has 0 fully saturated rings. The molecule has 0 aliphatic carbocycles. The monoisotopic (exact) mass is 321 g/mol. The molecule has 0 aromatic heterocycles. The van der Waals surface area contributed by atoms with E-state index in [2.05, 4.69) is 15.9 Å². The fourth-order valence-corrected chi connectivity index (χ4v) is 2.34. The van der Waals surface area contributed by atoms with Crippen molar-refractivity contribution in [3.8, 4) is 17.2 Å². The number of nitrogen functional groups attached to an aromatic ring is 1. The van der Waals surface area contributed by atoms with Crippen LogP contribution in [0.15, 0.2) is 40.9 Å². The molecule has 0 bridgehead atoms. The van der Waals surface area contributed by atoms with Crippen LogP contribution in [0.4, 0.5) is 5.69 Å². The van der Waals surface area contributed by atoms with Crippen LogP contribution >= 0.6 is 15.9 Å². The highest BCUT2D eigenvalue weighted by Gasteiger charge is 2.13. The van der Waals surface area contributed by atoms with Crippen molar-refractivity contribution in [2.45, 2.75) is 6.61 Å². The molecule has 0 unspecified atom stereocenters. The maximum absolute atomic E-state index is 5.74. The lowest BCUT2D eigenvalue weighted by atomic mass is 10.2. The normalized spacial score (nSPS) is 12.5. The van der Waals surface area contributed by atoms with Gasteiger partial charge in [0.05, 0.1) is 4.47 Å². The van der Waals surface area contributed by atoms with Gasteiger partial charge in [-0.25, -0.2) is 0 Å². The number of nitrogens with two attached hydrogens (primary N) is 1. The van der Waals surface area contributed by atoms with Gasteiger partial charge in [0.2, 0.25) is 6.79 Å². The third-order valence-electron chi connectivity index (χ3n) is 2.79. The lowest BCUT2D eigenvalue weighted by Crippen LogP contribution is -1.97. The Morgan fingerprint density at radius 2 is 1.95 bits per heavy atom. The van der Waals surface area contributed by atoms with Gasteiger partial charge in [-0.15, -0.1) is 0 Å². The molecule has 19 heavy (non-hydrogen) atoms. The molecule has 2 N–H and O–H groups in total. The highest BCUT2D eigenvalue weighted by atomic mass is 79.9. The van der Waals surface area contributed by atoms with Gasteiger partial charge in [0.25, 0.3) is 0 Å². The van der Waals surface area contributed by atoms with Gasteiger partial charge in [-0.3, -0.25) is 0 Å². The minimum atomic E-state index is 0.281. The zero-order chi connectivity index (χ0) is 13.2. The summed E-state index contributed by atoms with van der Waals surface area (Å²) in [6.07, 6.45) is 0. The van der Waals surface area contributed by atoms with Crippen LogP contribution in [-0.4, -0.2) is 6.79 Å². The Morgan fingerprint density at radius 3 is 2.79 bits per heavy atom. The molecule has 0 atom stereocenters. The molecule has 3 rings (SSSR count). The quantitative estimate of drug-likeness (QED) is 0.881. The van der Waals surface area contributed by atoms with E-state index in [1.54, 1.807) is 6.07 Å². The Balaban J connectivity index is 1.72. The van der Waals surface area contributed by atoms with Crippen molar-refractivity contribution >= 4 is 21.6 Å². The smallest absolute Gasteiger partial charge is 0.231 e. The average Bonchev–Trinajstić information content (AvgIpc) is 2.85. The molecule has 1 aliphatic heterocycles. The maximum atomic E-state index is 5.74. The molecule has 98 valence electrons. The van der Waals surface area contributed by atoms with Gasteiger partial charge >= 0.3 is 0 Å². The number of halogens is 1. The van der Waals surface area contributed by atoms with E-state index in [9.17, 15) is 0 Å². The highest BCUT2D eigenvalue weighted by Crippen LogP contribution is 2.33. The first-order chi connectivity index (χ1) is 9.22. The van der Waals surface area contributed by atoms with E-state index in [1.165, 1.54) is 0 Å². The van der Waals surface area contributed by atoms with E-state index in [4.69, 9.17) is 19.9 Å². The van der Waals surface area contributed by atoms with Gasteiger partial charge < -0.3 is 19.9 Å². The molecule has 1 heterocycles. The largest absolute Gasteiger partial charge is 0.488 e. The molecule has 4 nitrogen and oxygen atoms in total. The Bertz CT molecular complexity index is 616. The van der Waals surface area contributed by atoms with Crippen molar-refractivity contribution in [3.63, 3.8) is 0 Å². The standard InChI is InChI=1S/C14H12BrNO3/c15-11-6-10(16)2-4-12(11)17-7-9-1-3-13-14(5-9)19-8-18-13/h1-6H,7-8,16H2. The van der Waals surface area contributed by atoms with Crippen molar-refractivity contribution in [2.24, 2.45) is 0 Å². The summed E-state index contributed by atoms with van der Waals surface area (Å²) in [6.45, 7) is 0.738. The summed E-state index contributed by atoms with van der Waals surface area (Å²) in [6, 6.07) is 11.2. The summed E-state index contributed by atoms with van der Waals surface area (Å²) >= 11 is 3.42. The molecular weight excluding hydrogens is 310 g/mol. The highest BCUT2D eigenvalue weighted by molar-refractivity contribution is 9.10. The van der Waals surface area contributed by atoms with Gasteiger partial charge in [0, 0.05) is 5.69 Å². The molecule has 2 aromatic carbocycles. The first-order valence-electron chi connectivity index (χ1n) is 5.79. The molecule has 0 spiro atoms. The molecule has 0 radical (unpaired) electrons. The third-order valence-corrected chi connectivity index (χ3v) is 3.41. The number of fused-ring (bicyclic) bond motifs is 1. The molecule has 1 aliphatic rings. The average molecular weight is 322 g/mol. The first kappa shape index (κ1) is 12.2. The van der Waals surface area contributed by atoms with Gasteiger partial charge in [-0.1, -0.05) is 6.07 Å². The topological polar surface area (TPSA) is 53.7 Å². The van der Waals surface area contributed by atoms with Gasteiger partial charge in [0.1, 0.15) is 12.4 Å². The van der Waals surface area contributed by atoms with Crippen LogP contribution in [0.25, 0.3) is 0 Å². The predicted molar refractivity (Wildman–Crippen MR) is 75.5 cm³/mol. The molecule has 5 heteroatoms. The van der Waals surface area contributed by atoms with Crippen molar-refractivity contribution in [1.82, 2.24) is 0 Å². The minimum absolute atomic E-state index is 0.281. The summed E-state index contributed by atoms with van der Waals surface area (Å²) < 4.78 is 17.2. The summed E-state index contributed by atoms with van der Waals surface area (Å²) in [7, 11) is 0. The van der Waals surface area contributed by atoms with Crippen molar-refractivity contribution in [2.75, 3.05) is 12.5 Å². The molecule has 0 saturated carbocycles. The van der Waals surface area contributed by atoms with Crippen LogP contribution < -0.4 is 19.9 Å². The van der Waals surface area contributed by atoms with Crippen LogP contribution in [0.1, 0.15) is 5.56 Å². The summed E-state index contributed by atoms with van der Waals surface area (Å²) in [4.78, 5) is 0.